The molecule has 2 aromatic heterocycles. The van der Waals surface area contributed by atoms with E-state index in [4.69, 9.17) is 4.74 Å². The van der Waals surface area contributed by atoms with Gasteiger partial charge in [-0.3, -0.25) is 5.10 Å². The molecule has 1 saturated heterocycles. The zero-order chi connectivity index (χ0) is 16.6. The molecule has 0 radical (unpaired) electrons. The predicted molar refractivity (Wildman–Crippen MR) is 85.4 cm³/mol. The number of nitrogens with zero attached hydrogens (tertiary/aromatic N) is 4. The Labute approximate surface area is 135 Å². The van der Waals surface area contributed by atoms with E-state index in [0.29, 0.717) is 13.2 Å². The number of H-pyrrole nitrogens is 1. The van der Waals surface area contributed by atoms with Crippen molar-refractivity contribution in [3.63, 3.8) is 0 Å². The maximum atomic E-state index is 12.2. The third-order valence-corrected chi connectivity index (χ3v) is 6.07. The molecular weight excluding hydrogens is 318 g/mol. The van der Waals surface area contributed by atoms with Crippen LogP contribution in [0.2, 0.25) is 0 Å². The number of hydrogen-bond acceptors (Lipinski definition) is 5. The Bertz CT molecular complexity index is 780. The molecule has 2 atom stereocenters. The average Bonchev–Trinajstić information content (AvgIpc) is 3.17. The molecule has 2 aromatic rings. The second kappa shape index (κ2) is 6.06. The number of ether oxygens (including phenoxy) is 1. The molecule has 0 saturated carbocycles. The zero-order valence-corrected chi connectivity index (χ0v) is 14.2. The van der Waals surface area contributed by atoms with Crippen LogP contribution in [-0.4, -0.2) is 65.5 Å². The molecular formula is C14H21N5O3S. The summed E-state index contributed by atoms with van der Waals surface area (Å²) in [6.07, 6.45) is 3.56. The van der Waals surface area contributed by atoms with Gasteiger partial charge < -0.3 is 9.30 Å². The van der Waals surface area contributed by atoms with Crippen molar-refractivity contribution in [2.75, 3.05) is 33.1 Å². The van der Waals surface area contributed by atoms with Crippen LogP contribution in [0.5, 0.6) is 0 Å². The molecule has 0 bridgehead atoms. The van der Waals surface area contributed by atoms with E-state index in [9.17, 15) is 8.42 Å². The quantitative estimate of drug-likeness (QED) is 0.864. The number of sulfonamides is 1. The van der Waals surface area contributed by atoms with E-state index in [-0.39, 0.29) is 17.7 Å². The van der Waals surface area contributed by atoms with Crippen molar-refractivity contribution in [1.29, 1.82) is 0 Å². The van der Waals surface area contributed by atoms with Crippen LogP contribution in [0.25, 0.3) is 11.5 Å². The van der Waals surface area contributed by atoms with Crippen molar-refractivity contribution < 1.29 is 13.2 Å². The molecule has 0 spiro atoms. The Morgan fingerprint density at radius 2 is 2.22 bits per heavy atom. The van der Waals surface area contributed by atoms with Crippen molar-refractivity contribution in [3.05, 3.63) is 24.2 Å². The summed E-state index contributed by atoms with van der Waals surface area (Å²) < 4.78 is 33.2. The molecule has 8 nitrogen and oxygen atoms in total. The Balaban J connectivity index is 1.88. The largest absolute Gasteiger partial charge is 0.379 e. The molecule has 9 heteroatoms. The SMILES string of the molecule is Cc1cc(-c2nccn2[C@@H]2COC[C@@H]2CS(=O)(=O)N(C)C)n[nH]1. The molecule has 23 heavy (non-hydrogen) atoms. The van der Waals surface area contributed by atoms with E-state index in [2.05, 4.69) is 15.2 Å². The van der Waals surface area contributed by atoms with Crippen LogP contribution in [0.4, 0.5) is 0 Å². The first kappa shape index (κ1) is 16.2. The van der Waals surface area contributed by atoms with Gasteiger partial charge in [-0.2, -0.15) is 5.10 Å². The molecule has 1 fully saturated rings. The van der Waals surface area contributed by atoms with E-state index in [1.165, 1.54) is 4.31 Å². The number of hydrogen-bond donors (Lipinski definition) is 1. The molecule has 0 aliphatic carbocycles. The van der Waals surface area contributed by atoms with E-state index in [0.717, 1.165) is 17.2 Å². The molecule has 0 aromatic carbocycles. The summed E-state index contributed by atoms with van der Waals surface area (Å²) in [6, 6.07) is 1.85. The minimum atomic E-state index is -3.28. The molecule has 3 heterocycles. The third-order valence-electron chi connectivity index (χ3n) is 4.11. The summed E-state index contributed by atoms with van der Waals surface area (Å²) in [5, 5.41) is 7.14. The fourth-order valence-electron chi connectivity index (χ4n) is 2.79. The monoisotopic (exact) mass is 339 g/mol. The molecule has 3 rings (SSSR count). The van der Waals surface area contributed by atoms with Crippen LogP contribution in [0.15, 0.2) is 18.5 Å². The lowest BCUT2D eigenvalue weighted by Crippen LogP contribution is -2.32. The van der Waals surface area contributed by atoms with Crippen LogP contribution in [0.1, 0.15) is 11.7 Å². The van der Waals surface area contributed by atoms with Gasteiger partial charge in [-0.05, 0) is 13.0 Å². The van der Waals surface area contributed by atoms with Gasteiger partial charge >= 0.3 is 0 Å². The maximum Gasteiger partial charge on any atom is 0.214 e. The molecule has 126 valence electrons. The number of aryl methyl sites for hydroxylation is 1. The first-order chi connectivity index (χ1) is 10.9. The first-order valence-corrected chi connectivity index (χ1v) is 9.02. The van der Waals surface area contributed by atoms with Gasteiger partial charge in [0.05, 0.1) is 25.0 Å². The summed E-state index contributed by atoms with van der Waals surface area (Å²) in [7, 11) is -0.179. The minimum absolute atomic E-state index is 0.0574. The maximum absolute atomic E-state index is 12.2. The van der Waals surface area contributed by atoms with Crippen LogP contribution >= 0.6 is 0 Å². The standard InChI is InChI=1S/C14H21N5O3S/c1-10-6-12(17-16-10)14-15-4-5-19(14)13-8-22-7-11(13)9-23(20,21)18(2)3/h4-6,11,13H,7-9H2,1-3H3,(H,16,17)/t11-,13-/m1/s1. The highest BCUT2D eigenvalue weighted by molar-refractivity contribution is 7.89. The van der Waals surface area contributed by atoms with Gasteiger partial charge in [-0.1, -0.05) is 0 Å². The summed E-state index contributed by atoms with van der Waals surface area (Å²) in [5.74, 6) is 0.662. The van der Waals surface area contributed by atoms with E-state index < -0.39 is 10.0 Å². The summed E-state index contributed by atoms with van der Waals surface area (Å²) in [4.78, 5) is 4.38. The Hall–Kier alpha value is -1.71. The van der Waals surface area contributed by atoms with Gasteiger partial charge in [0.25, 0.3) is 0 Å². The van der Waals surface area contributed by atoms with Crippen molar-refractivity contribution in [3.8, 4) is 11.5 Å². The second-order valence-corrected chi connectivity index (χ2v) is 8.25. The van der Waals surface area contributed by atoms with Crippen LogP contribution in [-0.2, 0) is 14.8 Å². The predicted octanol–water partition coefficient (Wildman–Crippen LogP) is 0.661. The Kier molecular flexibility index (Phi) is 4.26. The lowest BCUT2D eigenvalue weighted by molar-refractivity contribution is 0.182. The smallest absolute Gasteiger partial charge is 0.214 e. The summed E-state index contributed by atoms with van der Waals surface area (Å²) >= 11 is 0. The normalized spacial score (nSPS) is 22.1. The highest BCUT2D eigenvalue weighted by Crippen LogP contribution is 2.31. The van der Waals surface area contributed by atoms with E-state index in [1.54, 1.807) is 20.3 Å². The topological polar surface area (TPSA) is 93.1 Å². The number of aromatic nitrogens is 4. The molecule has 1 aliphatic heterocycles. The highest BCUT2D eigenvalue weighted by atomic mass is 32.2. The molecule has 1 N–H and O–H groups in total. The van der Waals surface area contributed by atoms with Gasteiger partial charge in [0, 0.05) is 38.1 Å². The number of rotatable bonds is 5. The molecule has 1 aliphatic rings. The fourth-order valence-corrected chi connectivity index (χ4v) is 3.94. The molecule has 0 amide bonds. The molecule has 0 unspecified atom stereocenters. The number of aromatic amines is 1. The van der Waals surface area contributed by atoms with Gasteiger partial charge in [0.1, 0.15) is 5.69 Å². The summed E-state index contributed by atoms with van der Waals surface area (Å²) in [5.41, 5.74) is 1.69. The van der Waals surface area contributed by atoms with Crippen LogP contribution < -0.4 is 0 Å². The van der Waals surface area contributed by atoms with Crippen LogP contribution in [0, 0.1) is 12.8 Å². The zero-order valence-electron chi connectivity index (χ0n) is 13.4. The van der Waals surface area contributed by atoms with Crippen molar-refractivity contribution in [1.82, 2.24) is 24.1 Å². The minimum Gasteiger partial charge on any atom is -0.379 e. The Morgan fingerprint density at radius 1 is 1.43 bits per heavy atom. The van der Waals surface area contributed by atoms with Gasteiger partial charge in [0.15, 0.2) is 5.82 Å². The highest BCUT2D eigenvalue weighted by Gasteiger charge is 2.35. The summed E-state index contributed by atoms with van der Waals surface area (Å²) in [6.45, 7) is 2.82. The van der Waals surface area contributed by atoms with Crippen molar-refractivity contribution in [2.45, 2.75) is 13.0 Å². The fraction of sp³-hybridized carbons (Fsp3) is 0.571. The first-order valence-electron chi connectivity index (χ1n) is 7.41. The van der Waals surface area contributed by atoms with Gasteiger partial charge in [-0.15, -0.1) is 0 Å². The lowest BCUT2D eigenvalue weighted by atomic mass is 10.1. The average molecular weight is 339 g/mol. The Morgan fingerprint density at radius 3 is 2.87 bits per heavy atom. The second-order valence-electron chi connectivity index (χ2n) is 6.02. The number of nitrogens with one attached hydrogen (secondary N) is 1. The van der Waals surface area contributed by atoms with Crippen molar-refractivity contribution in [2.24, 2.45) is 5.92 Å². The van der Waals surface area contributed by atoms with Gasteiger partial charge in [-0.25, -0.2) is 17.7 Å². The van der Waals surface area contributed by atoms with E-state index >= 15 is 0 Å². The third kappa shape index (κ3) is 3.17. The van der Waals surface area contributed by atoms with Crippen LogP contribution in [0.3, 0.4) is 0 Å². The van der Waals surface area contributed by atoms with Crippen molar-refractivity contribution >= 4 is 10.0 Å². The number of imidazole rings is 1. The lowest BCUT2D eigenvalue weighted by Gasteiger charge is -2.22. The van der Waals surface area contributed by atoms with E-state index in [1.807, 2.05) is 23.8 Å². The van der Waals surface area contributed by atoms with Gasteiger partial charge in [0.2, 0.25) is 10.0 Å².